The van der Waals surface area contributed by atoms with Crippen molar-refractivity contribution in [3.05, 3.63) is 110 Å². The number of nitro benzene ring substituents is 1. The second kappa shape index (κ2) is 10.3. The van der Waals surface area contributed by atoms with Crippen LogP contribution in [0.25, 0.3) is 6.08 Å². The van der Waals surface area contributed by atoms with Crippen molar-refractivity contribution in [1.29, 1.82) is 0 Å². The number of nitrogens with one attached hydrogen (secondary N) is 2. The maximum absolute atomic E-state index is 12.9. The normalized spacial score (nSPS) is 10.9. The molecule has 10 heteroatoms. The molecule has 3 aromatic rings. The predicted molar refractivity (Wildman–Crippen MR) is 125 cm³/mol. The molecule has 0 fully saturated rings. The van der Waals surface area contributed by atoms with Crippen molar-refractivity contribution in [2.24, 2.45) is 0 Å². The van der Waals surface area contributed by atoms with Crippen LogP contribution in [-0.2, 0) is 4.79 Å². The molecule has 0 radical (unpaired) electrons. The smallest absolute Gasteiger partial charge is 0.335 e. The Kier molecular flexibility index (Phi) is 7.31. The Labute approximate surface area is 196 Å². The zero-order valence-corrected chi connectivity index (χ0v) is 18.4. The Morgan fingerprint density at radius 2 is 1.58 bits per heavy atom. The molecule has 0 aliphatic carbocycles. The summed E-state index contributed by atoms with van der Waals surface area (Å²) in [5.41, 5.74) is 0.873. The maximum Gasteiger partial charge on any atom is 0.335 e. The number of carbonyl (C=O) groups excluding carboxylic acids is 2. The minimum absolute atomic E-state index is 0.0527. The van der Waals surface area contributed by atoms with Crippen molar-refractivity contribution < 1.29 is 24.4 Å². The number of nitrogens with zero attached hydrogens (tertiary/aromatic N) is 1. The van der Waals surface area contributed by atoms with Crippen molar-refractivity contribution >= 4 is 51.2 Å². The van der Waals surface area contributed by atoms with E-state index in [1.807, 2.05) is 0 Å². The second-order valence-corrected chi connectivity index (χ2v) is 7.53. The van der Waals surface area contributed by atoms with Gasteiger partial charge in [0.15, 0.2) is 0 Å². The van der Waals surface area contributed by atoms with E-state index in [1.165, 1.54) is 54.6 Å². The van der Waals surface area contributed by atoms with Gasteiger partial charge in [-0.05, 0) is 76.1 Å². The Morgan fingerprint density at radius 1 is 0.939 bits per heavy atom. The number of carboxylic acid groups (broad SMARTS) is 1. The molecule has 3 aromatic carbocycles. The van der Waals surface area contributed by atoms with Crippen LogP contribution in [0.15, 0.2) is 83.0 Å². The molecular formula is C23H16BrN3O6. The molecular weight excluding hydrogens is 494 g/mol. The van der Waals surface area contributed by atoms with E-state index < -0.39 is 22.7 Å². The van der Waals surface area contributed by atoms with Gasteiger partial charge >= 0.3 is 5.97 Å². The van der Waals surface area contributed by atoms with E-state index in [-0.39, 0.29) is 16.9 Å². The third-order valence-corrected chi connectivity index (χ3v) is 5.11. The summed E-state index contributed by atoms with van der Waals surface area (Å²) in [7, 11) is 0. The number of halogens is 1. The van der Waals surface area contributed by atoms with Crippen LogP contribution < -0.4 is 10.6 Å². The Bertz CT molecular complexity index is 1250. The summed E-state index contributed by atoms with van der Waals surface area (Å²) in [5.74, 6) is -2.32. The quantitative estimate of drug-likeness (QED) is 0.244. The lowest BCUT2D eigenvalue weighted by Gasteiger charge is -2.12. The second-order valence-electron chi connectivity index (χ2n) is 6.68. The van der Waals surface area contributed by atoms with Gasteiger partial charge in [0.1, 0.15) is 5.70 Å². The number of nitro groups is 1. The maximum atomic E-state index is 12.9. The van der Waals surface area contributed by atoms with Crippen LogP contribution in [0.2, 0.25) is 0 Å². The fraction of sp³-hybridized carbons (Fsp3) is 0. The number of aromatic carboxylic acids is 1. The third kappa shape index (κ3) is 6.11. The minimum Gasteiger partial charge on any atom is -0.478 e. The average molecular weight is 510 g/mol. The van der Waals surface area contributed by atoms with Crippen LogP contribution in [0.3, 0.4) is 0 Å². The van der Waals surface area contributed by atoms with E-state index in [1.54, 1.807) is 24.3 Å². The lowest BCUT2D eigenvalue weighted by Crippen LogP contribution is -2.31. The van der Waals surface area contributed by atoms with E-state index in [0.717, 1.165) is 0 Å². The number of rotatable bonds is 7. The number of carbonyl (C=O) groups is 3. The van der Waals surface area contributed by atoms with Crippen LogP contribution in [-0.4, -0.2) is 27.8 Å². The molecule has 0 atom stereocenters. The van der Waals surface area contributed by atoms with Crippen molar-refractivity contribution in [3.63, 3.8) is 0 Å². The summed E-state index contributed by atoms with van der Waals surface area (Å²) in [5, 5.41) is 25.0. The average Bonchev–Trinajstić information content (AvgIpc) is 2.79. The molecule has 2 amide bonds. The van der Waals surface area contributed by atoms with Gasteiger partial charge in [-0.1, -0.05) is 12.1 Å². The molecule has 0 spiro atoms. The van der Waals surface area contributed by atoms with Gasteiger partial charge in [0.05, 0.1) is 16.1 Å². The van der Waals surface area contributed by atoms with E-state index in [9.17, 15) is 24.5 Å². The van der Waals surface area contributed by atoms with Gasteiger partial charge in [-0.3, -0.25) is 19.7 Å². The van der Waals surface area contributed by atoms with Gasteiger partial charge in [0, 0.05) is 22.3 Å². The van der Waals surface area contributed by atoms with E-state index in [2.05, 4.69) is 26.6 Å². The molecule has 3 N–H and O–H groups in total. The lowest BCUT2D eigenvalue weighted by atomic mass is 10.1. The number of hydrogen-bond acceptors (Lipinski definition) is 5. The van der Waals surface area contributed by atoms with E-state index in [0.29, 0.717) is 21.3 Å². The summed E-state index contributed by atoms with van der Waals surface area (Å²) in [6.07, 6.45) is 1.37. The van der Waals surface area contributed by atoms with Gasteiger partial charge in [0.2, 0.25) is 0 Å². The molecule has 0 unspecified atom stereocenters. The lowest BCUT2D eigenvalue weighted by molar-refractivity contribution is -0.384. The highest BCUT2D eigenvalue weighted by atomic mass is 79.9. The predicted octanol–water partition coefficient (Wildman–Crippen LogP) is 4.47. The molecule has 33 heavy (non-hydrogen) atoms. The Hall–Kier alpha value is -4.31. The topological polar surface area (TPSA) is 139 Å². The van der Waals surface area contributed by atoms with Gasteiger partial charge in [-0.15, -0.1) is 0 Å². The first-order chi connectivity index (χ1) is 15.7. The first-order valence-corrected chi connectivity index (χ1v) is 10.2. The van der Waals surface area contributed by atoms with Gasteiger partial charge < -0.3 is 15.7 Å². The van der Waals surface area contributed by atoms with Crippen LogP contribution in [0.4, 0.5) is 11.4 Å². The highest BCUT2D eigenvalue weighted by Gasteiger charge is 2.17. The number of carboxylic acids is 1. The zero-order chi connectivity index (χ0) is 24.0. The van der Waals surface area contributed by atoms with E-state index >= 15 is 0 Å². The fourth-order valence-electron chi connectivity index (χ4n) is 2.75. The van der Waals surface area contributed by atoms with Crippen molar-refractivity contribution in [2.45, 2.75) is 0 Å². The largest absolute Gasteiger partial charge is 0.478 e. The van der Waals surface area contributed by atoms with Crippen LogP contribution >= 0.6 is 15.9 Å². The molecule has 166 valence electrons. The molecule has 0 bridgehead atoms. The molecule has 0 aliphatic heterocycles. The number of amides is 2. The summed E-state index contributed by atoms with van der Waals surface area (Å²) in [4.78, 5) is 47.0. The summed E-state index contributed by atoms with van der Waals surface area (Å²) in [6.45, 7) is 0. The number of benzene rings is 3. The minimum atomic E-state index is -1.10. The molecule has 0 saturated carbocycles. The van der Waals surface area contributed by atoms with Crippen LogP contribution in [0.5, 0.6) is 0 Å². The molecule has 0 aromatic heterocycles. The van der Waals surface area contributed by atoms with Gasteiger partial charge in [-0.25, -0.2) is 4.79 Å². The fourth-order valence-corrected chi connectivity index (χ4v) is 3.21. The van der Waals surface area contributed by atoms with Gasteiger partial charge in [0.25, 0.3) is 17.5 Å². The SMILES string of the molecule is O=C(Nc1ccc(C(=O)O)cc1)C(=Cc1ccc([N+](=O)[O-])cc1)NC(=O)c1ccccc1Br. The number of anilines is 1. The Balaban J connectivity index is 1.90. The standard InChI is InChI=1S/C23H16BrN3O6/c24-19-4-2-1-3-18(19)21(28)26-20(13-14-5-11-17(12-6-14)27(32)33)22(29)25-16-9-7-15(8-10-16)23(30)31/h1-13H,(H,25,29)(H,26,28)(H,30,31). The first-order valence-electron chi connectivity index (χ1n) is 9.41. The summed E-state index contributed by atoms with van der Waals surface area (Å²) >= 11 is 3.29. The van der Waals surface area contributed by atoms with Crippen molar-refractivity contribution in [1.82, 2.24) is 5.32 Å². The number of hydrogen-bond donors (Lipinski definition) is 3. The molecule has 0 aliphatic rings. The van der Waals surface area contributed by atoms with Crippen LogP contribution in [0.1, 0.15) is 26.3 Å². The van der Waals surface area contributed by atoms with E-state index in [4.69, 9.17) is 5.11 Å². The molecule has 0 heterocycles. The summed E-state index contributed by atoms with van der Waals surface area (Å²) in [6, 6.07) is 17.6. The first kappa shape index (κ1) is 23.4. The summed E-state index contributed by atoms with van der Waals surface area (Å²) < 4.78 is 0.529. The van der Waals surface area contributed by atoms with Crippen LogP contribution in [0, 0.1) is 10.1 Å². The molecule has 9 nitrogen and oxygen atoms in total. The van der Waals surface area contributed by atoms with Crippen molar-refractivity contribution in [3.8, 4) is 0 Å². The monoisotopic (exact) mass is 509 g/mol. The highest BCUT2D eigenvalue weighted by molar-refractivity contribution is 9.10. The van der Waals surface area contributed by atoms with Gasteiger partial charge in [-0.2, -0.15) is 0 Å². The highest BCUT2D eigenvalue weighted by Crippen LogP contribution is 2.18. The number of non-ortho nitro benzene ring substituents is 1. The molecule has 0 saturated heterocycles. The zero-order valence-electron chi connectivity index (χ0n) is 16.8. The van der Waals surface area contributed by atoms with Crippen molar-refractivity contribution in [2.75, 3.05) is 5.32 Å². The third-order valence-electron chi connectivity index (χ3n) is 4.42. The Morgan fingerprint density at radius 3 is 2.15 bits per heavy atom. The molecule has 3 rings (SSSR count).